The zero-order valence-corrected chi connectivity index (χ0v) is 19.1. The van der Waals surface area contributed by atoms with Gasteiger partial charge in [-0.1, -0.05) is 24.3 Å². The number of ether oxygens (including phenoxy) is 1. The molecular weight excluding hydrogens is 442 g/mol. The fourth-order valence-electron chi connectivity index (χ4n) is 4.49. The van der Waals surface area contributed by atoms with Crippen molar-refractivity contribution in [2.24, 2.45) is 0 Å². The molecule has 2 aromatic carbocycles. The Bertz CT molecular complexity index is 1760. The first-order valence-corrected chi connectivity index (χ1v) is 11.2. The molecular formula is C28H21N3O4. The van der Waals surface area contributed by atoms with E-state index in [0.29, 0.717) is 28.1 Å². The average molecular weight is 463 g/mol. The lowest BCUT2D eigenvalue weighted by atomic mass is 10.0. The normalized spacial score (nSPS) is 11.5. The number of aryl methyl sites for hydroxylation is 2. The number of para-hydroxylation sites is 1. The number of benzene rings is 2. The second-order valence-electron chi connectivity index (χ2n) is 8.54. The molecule has 6 aromatic rings. The van der Waals surface area contributed by atoms with Crippen molar-refractivity contribution in [3.05, 3.63) is 95.3 Å². The Morgan fingerprint density at radius 3 is 2.77 bits per heavy atom. The number of pyridine rings is 2. The molecule has 0 unspecified atom stereocenters. The van der Waals surface area contributed by atoms with E-state index >= 15 is 0 Å². The van der Waals surface area contributed by atoms with Gasteiger partial charge >= 0.3 is 5.97 Å². The first-order valence-electron chi connectivity index (χ1n) is 11.2. The van der Waals surface area contributed by atoms with Crippen LogP contribution in [0.4, 0.5) is 0 Å². The molecule has 7 nitrogen and oxygen atoms in total. The molecule has 4 heterocycles. The maximum Gasteiger partial charge on any atom is 0.336 e. The number of aromatic carboxylic acids is 1. The van der Waals surface area contributed by atoms with Crippen LogP contribution in [-0.2, 0) is 6.61 Å². The zero-order valence-electron chi connectivity index (χ0n) is 19.1. The van der Waals surface area contributed by atoms with Gasteiger partial charge in [0.15, 0.2) is 5.76 Å². The maximum absolute atomic E-state index is 12.4. The molecule has 0 radical (unpaired) electrons. The summed E-state index contributed by atoms with van der Waals surface area (Å²) in [7, 11) is 0. The molecule has 0 fully saturated rings. The Morgan fingerprint density at radius 1 is 1.09 bits per heavy atom. The van der Waals surface area contributed by atoms with Gasteiger partial charge in [-0.3, -0.25) is 0 Å². The molecule has 0 aliphatic rings. The molecule has 0 aliphatic carbocycles. The van der Waals surface area contributed by atoms with Gasteiger partial charge in [0.05, 0.1) is 22.0 Å². The van der Waals surface area contributed by atoms with E-state index in [9.17, 15) is 9.90 Å². The number of carbonyl (C=O) groups is 1. The van der Waals surface area contributed by atoms with Gasteiger partial charge < -0.3 is 14.3 Å². The van der Waals surface area contributed by atoms with Gasteiger partial charge in [-0.25, -0.2) is 14.3 Å². The summed E-state index contributed by atoms with van der Waals surface area (Å²) in [4.78, 5) is 17.2. The summed E-state index contributed by atoms with van der Waals surface area (Å²) in [6.07, 6.45) is 3.60. The van der Waals surface area contributed by atoms with Crippen LogP contribution in [0.25, 0.3) is 38.8 Å². The molecule has 172 valence electrons. The molecule has 0 bridgehead atoms. The SMILES string of the molecule is Cc1c(-c2cc(C(=O)O)c3c(OCc4ccn5nccc5c4)ccc(C)c3n2)oc2ccccc12. The number of hydrogen-bond donors (Lipinski definition) is 1. The number of aromatic nitrogens is 3. The van der Waals surface area contributed by atoms with E-state index in [2.05, 4.69) is 5.10 Å². The summed E-state index contributed by atoms with van der Waals surface area (Å²) in [6.45, 7) is 4.15. The second-order valence-corrected chi connectivity index (χ2v) is 8.54. The molecule has 0 amide bonds. The number of rotatable bonds is 5. The quantitative estimate of drug-likeness (QED) is 0.328. The number of furan rings is 1. The van der Waals surface area contributed by atoms with Crippen LogP contribution in [-0.4, -0.2) is 25.7 Å². The van der Waals surface area contributed by atoms with Crippen molar-refractivity contribution in [3.63, 3.8) is 0 Å². The number of hydrogen-bond acceptors (Lipinski definition) is 5. The maximum atomic E-state index is 12.4. The highest BCUT2D eigenvalue weighted by molar-refractivity contribution is 6.07. The highest BCUT2D eigenvalue weighted by Crippen LogP contribution is 2.37. The van der Waals surface area contributed by atoms with E-state index in [0.717, 1.165) is 33.2 Å². The molecule has 1 N–H and O–H groups in total. The van der Waals surface area contributed by atoms with Gasteiger partial charge in [0.2, 0.25) is 0 Å². The van der Waals surface area contributed by atoms with E-state index < -0.39 is 5.97 Å². The summed E-state index contributed by atoms with van der Waals surface area (Å²) in [5.41, 5.74) is 5.59. The fourth-order valence-corrected chi connectivity index (χ4v) is 4.49. The smallest absolute Gasteiger partial charge is 0.336 e. The summed E-state index contributed by atoms with van der Waals surface area (Å²) >= 11 is 0. The third kappa shape index (κ3) is 3.49. The van der Waals surface area contributed by atoms with E-state index in [1.54, 1.807) is 22.8 Å². The van der Waals surface area contributed by atoms with Crippen LogP contribution in [0.15, 0.2) is 77.5 Å². The summed E-state index contributed by atoms with van der Waals surface area (Å²) in [5, 5.41) is 15.8. The Hall–Kier alpha value is -4.65. The van der Waals surface area contributed by atoms with Crippen molar-refractivity contribution in [3.8, 4) is 17.2 Å². The van der Waals surface area contributed by atoms with Crippen LogP contribution in [0, 0.1) is 13.8 Å². The van der Waals surface area contributed by atoms with E-state index in [4.69, 9.17) is 14.1 Å². The Balaban J connectivity index is 1.47. The van der Waals surface area contributed by atoms with Gasteiger partial charge in [-0.2, -0.15) is 5.10 Å². The first kappa shape index (κ1) is 20.9. The van der Waals surface area contributed by atoms with Crippen LogP contribution < -0.4 is 4.74 Å². The lowest BCUT2D eigenvalue weighted by Gasteiger charge is -2.14. The van der Waals surface area contributed by atoms with Crippen molar-refractivity contribution in [2.75, 3.05) is 0 Å². The topological polar surface area (TPSA) is 89.9 Å². The summed E-state index contributed by atoms with van der Waals surface area (Å²) < 4.78 is 14.0. The lowest BCUT2D eigenvalue weighted by molar-refractivity contribution is 0.0698. The highest BCUT2D eigenvalue weighted by atomic mass is 16.5. The minimum Gasteiger partial charge on any atom is -0.488 e. The third-order valence-corrected chi connectivity index (χ3v) is 6.29. The van der Waals surface area contributed by atoms with Crippen LogP contribution in [0.2, 0.25) is 0 Å². The predicted octanol–water partition coefficient (Wildman–Crippen LogP) is 6.19. The van der Waals surface area contributed by atoms with Gasteiger partial charge in [0.1, 0.15) is 23.6 Å². The minimum absolute atomic E-state index is 0.120. The molecule has 4 aromatic heterocycles. The van der Waals surface area contributed by atoms with Gasteiger partial charge in [-0.05, 0) is 61.4 Å². The zero-order chi connectivity index (χ0) is 24.1. The monoisotopic (exact) mass is 463 g/mol. The molecule has 0 saturated carbocycles. The van der Waals surface area contributed by atoms with Crippen LogP contribution in [0.1, 0.15) is 27.0 Å². The predicted molar refractivity (Wildman–Crippen MR) is 133 cm³/mol. The van der Waals surface area contributed by atoms with E-state index in [-0.39, 0.29) is 12.2 Å². The van der Waals surface area contributed by atoms with Crippen molar-refractivity contribution < 1.29 is 19.1 Å². The first-order chi connectivity index (χ1) is 17.0. The molecule has 6 rings (SSSR count). The van der Waals surface area contributed by atoms with Crippen molar-refractivity contribution in [2.45, 2.75) is 20.5 Å². The Labute approximate surface area is 200 Å². The minimum atomic E-state index is -1.05. The van der Waals surface area contributed by atoms with Crippen LogP contribution in [0.5, 0.6) is 5.75 Å². The van der Waals surface area contributed by atoms with Crippen molar-refractivity contribution >= 4 is 33.4 Å². The van der Waals surface area contributed by atoms with Gasteiger partial charge in [-0.15, -0.1) is 0 Å². The number of carboxylic acids is 1. The molecule has 0 saturated heterocycles. The van der Waals surface area contributed by atoms with Gasteiger partial charge in [0.25, 0.3) is 0 Å². The van der Waals surface area contributed by atoms with Gasteiger partial charge in [0, 0.05) is 23.3 Å². The average Bonchev–Trinajstić information content (AvgIpc) is 3.47. The summed E-state index contributed by atoms with van der Waals surface area (Å²) in [6, 6.07) is 18.8. The molecule has 0 atom stereocenters. The molecule has 0 aliphatic heterocycles. The van der Waals surface area contributed by atoms with Crippen molar-refractivity contribution in [1.29, 1.82) is 0 Å². The highest BCUT2D eigenvalue weighted by Gasteiger charge is 2.21. The number of carboxylic acid groups (broad SMARTS) is 1. The molecule has 35 heavy (non-hydrogen) atoms. The summed E-state index contributed by atoms with van der Waals surface area (Å²) in [5.74, 6) is -0.0178. The number of nitrogens with zero attached hydrogens (tertiary/aromatic N) is 3. The lowest BCUT2D eigenvalue weighted by Crippen LogP contribution is -2.04. The van der Waals surface area contributed by atoms with E-state index in [1.807, 2.05) is 68.6 Å². The largest absolute Gasteiger partial charge is 0.488 e. The Kier molecular flexibility index (Phi) is 4.77. The van der Waals surface area contributed by atoms with Crippen LogP contribution in [0.3, 0.4) is 0 Å². The molecule has 0 spiro atoms. The molecule has 7 heteroatoms. The van der Waals surface area contributed by atoms with E-state index in [1.165, 1.54) is 0 Å². The third-order valence-electron chi connectivity index (χ3n) is 6.29. The fraction of sp³-hybridized carbons (Fsp3) is 0.107. The van der Waals surface area contributed by atoms with Crippen LogP contribution >= 0.6 is 0 Å². The number of fused-ring (bicyclic) bond motifs is 3. The standard InChI is InChI=1S/C28H21N3O4/c1-16-7-8-24(34-15-18-10-12-31-19(13-18)9-11-29-31)25-21(28(32)33)14-22(30-26(16)25)27-17(2)20-5-3-4-6-23(20)35-27/h3-14H,15H2,1-2H3,(H,32,33). The van der Waals surface area contributed by atoms with Crippen molar-refractivity contribution in [1.82, 2.24) is 14.6 Å². The Morgan fingerprint density at radius 2 is 1.94 bits per heavy atom. The second kappa shape index (κ2) is 7.99.